The molecule has 0 aromatic carbocycles. The highest BCUT2D eigenvalue weighted by atomic mass is 32.2. The number of hydrogen-bond donors (Lipinski definition) is 1. The van der Waals surface area contributed by atoms with E-state index in [1.165, 1.54) is 30.9 Å². The van der Waals surface area contributed by atoms with Crippen LogP contribution in [0.25, 0.3) is 0 Å². The Bertz CT molecular complexity index is 529. The number of sulfonamides is 1. The standard InChI is InChI=1S/C10H16N2O4S/c1-7(2)12-6-8(5-9(12)10(13)14)17(15,16)11(3)4/h5-7H,1-4H3,(H,13,14). The minimum atomic E-state index is -3.60. The van der Waals surface area contributed by atoms with E-state index in [-0.39, 0.29) is 16.6 Å². The maximum atomic E-state index is 11.9. The third kappa shape index (κ3) is 2.50. The molecule has 1 rings (SSSR count). The lowest BCUT2D eigenvalue weighted by Crippen LogP contribution is -2.21. The van der Waals surface area contributed by atoms with E-state index in [1.54, 1.807) is 13.8 Å². The van der Waals surface area contributed by atoms with E-state index in [1.807, 2.05) is 0 Å². The minimum Gasteiger partial charge on any atom is -0.477 e. The van der Waals surface area contributed by atoms with E-state index >= 15 is 0 Å². The van der Waals surface area contributed by atoms with E-state index in [0.29, 0.717) is 0 Å². The normalized spacial score (nSPS) is 12.4. The summed E-state index contributed by atoms with van der Waals surface area (Å²) in [6, 6.07) is 1.06. The van der Waals surface area contributed by atoms with Crippen LogP contribution >= 0.6 is 0 Å². The zero-order valence-corrected chi connectivity index (χ0v) is 11.0. The first kappa shape index (κ1) is 13.7. The topological polar surface area (TPSA) is 79.6 Å². The molecule has 0 aliphatic carbocycles. The van der Waals surface area contributed by atoms with Crippen molar-refractivity contribution in [1.82, 2.24) is 8.87 Å². The minimum absolute atomic E-state index is 0.00593. The van der Waals surface area contributed by atoms with Gasteiger partial charge in [0.25, 0.3) is 0 Å². The number of carboxylic acid groups (broad SMARTS) is 1. The van der Waals surface area contributed by atoms with E-state index < -0.39 is 16.0 Å². The van der Waals surface area contributed by atoms with Crippen molar-refractivity contribution in [3.63, 3.8) is 0 Å². The molecular weight excluding hydrogens is 244 g/mol. The molecule has 1 heterocycles. The molecule has 0 bridgehead atoms. The summed E-state index contributed by atoms with van der Waals surface area (Å²) in [5.74, 6) is -1.14. The number of carbonyl (C=O) groups is 1. The fourth-order valence-corrected chi connectivity index (χ4v) is 2.33. The van der Waals surface area contributed by atoms with Crippen molar-refractivity contribution in [1.29, 1.82) is 0 Å². The second-order valence-corrected chi connectivity index (χ2v) is 6.31. The van der Waals surface area contributed by atoms with Gasteiger partial charge in [-0.25, -0.2) is 17.5 Å². The lowest BCUT2D eigenvalue weighted by Gasteiger charge is -2.10. The van der Waals surface area contributed by atoms with Crippen molar-refractivity contribution >= 4 is 16.0 Å². The van der Waals surface area contributed by atoms with Crippen molar-refractivity contribution in [2.75, 3.05) is 14.1 Å². The molecular formula is C10H16N2O4S. The van der Waals surface area contributed by atoms with Gasteiger partial charge in [-0.3, -0.25) is 0 Å². The van der Waals surface area contributed by atoms with Crippen molar-refractivity contribution in [3.05, 3.63) is 18.0 Å². The lowest BCUT2D eigenvalue weighted by molar-refractivity contribution is 0.0683. The van der Waals surface area contributed by atoms with Gasteiger partial charge in [0.15, 0.2) is 0 Å². The van der Waals surface area contributed by atoms with Gasteiger partial charge in [0.1, 0.15) is 10.6 Å². The SMILES string of the molecule is CC(C)n1cc(S(=O)(=O)N(C)C)cc1C(=O)O. The molecule has 1 N–H and O–H groups in total. The smallest absolute Gasteiger partial charge is 0.352 e. The molecule has 17 heavy (non-hydrogen) atoms. The molecule has 0 atom stereocenters. The molecule has 1 aromatic heterocycles. The fourth-order valence-electron chi connectivity index (χ4n) is 1.40. The second kappa shape index (κ2) is 4.50. The van der Waals surface area contributed by atoms with Crippen LogP contribution in [0, 0.1) is 0 Å². The third-order valence-electron chi connectivity index (χ3n) is 2.38. The monoisotopic (exact) mass is 260 g/mol. The van der Waals surface area contributed by atoms with E-state index in [0.717, 1.165) is 4.31 Å². The number of aromatic nitrogens is 1. The first-order valence-corrected chi connectivity index (χ1v) is 6.49. The Balaban J connectivity index is 3.41. The van der Waals surface area contributed by atoms with Gasteiger partial charge >= 0.3 is 5.97 Å². The van der Waals surface area contributed by atoms with Gasteiger partial charge in [-0.05, 0) is 19.9 Å². The van der Waals surface area contributed by atoms with Crippen LogP contribution in [-0.2, 0) is 10.0 Å². The van der Waals surface area contributed by atoms with Crippen LogP contribution in [-0.4, -0.2) is 42.5 Å². The molecule has 0 saturated heterocycles. The van der Waals surface area contributed by atoms with Crippen molar-refractivity contribution in [2.45, 2.75) is 24.8 Å². The highest BCUT2D eigenvalue weighted by Crippen LogP contribution is 2.20. The van der Waals surface area contributed by atoms with Crippen molar-refractivity contribution in [2.24, 2.45) is 0 Å². The summed E-state index contributed by atoms with van der Waals surface area (Å²) in [6.45, 7) is 3.58. The molecule has 6 nitrogen and oxygen atoms in total. The molecule has 0 fully saturated rings. The van der Waals surface area contributed by atoms with Gasteiger partial charge in [0.05, 0.1) is 0 Å². The summed E-state index contributed by atoms with van der Waals surface area (Å²) >= 11 is 0. The molecule has 1 aromatic rings. The molecule has 0 saturated carbocycles. The fraction of sp³-hybridized carbons (Fsp3) is 0.500. The lowest BCUT2D eigenvalue weighted by atomic mass is 10.3. The Kier molecular flexibility index (Phi) is 3.63. The first-order chi connectivity index (χ1) is 7.67. The maximum Gasteiger partial charge on any atom is 0.352 e. The average molecular weight is 260 g/mol. The van der Waals surface area contributed by atoms with Crippen molar-refractivity contribution in [3.8, 4) is 0 Å². The van der Waals surface area contributed by atoms with E-state index in [2.05, 4.69) is 0 Å². The third-order valence-corrected chi connectivity index (χ3v) is 4.16. The van der Waals surface area contributed by atoms with Gasteiger partial charge in [-0.2, -0.15) is 0 Å². The number of hydrogen-bond acceptors (Lipinski definition) is 3. The first-order valence-electron chi connectivity index (χ1n) is 5.05. The van der Waals surface area contributed by atoms with Gasteiger partial charge < -0.3 is 9.67 Å². The molecule has 0 aliphatic rings. The second-order valence-electron chi connectivity index (χ2n) is 4.15. The highest BCUT2D eigenvalue weighted by molar-refractivity contribution is 7.89. The largest absolute Gasteiger partial charge is 0.477 e. The predicted octanol–water partition coefficient (Wildman–Crippen LogP) is 1.02. The quantitative estimate of drug-likeness (QED) is 0.876. The van der Waals surface area contributed by atoms with Crippen LogP contribution < -0.4 is 0 Å². The Morgan fingerprint density at radius 2 is 1.94 bits per heavy atom. The summed E-state index contributed by atoms with van der Waals surface area (Å²) < 4.78 is 26.2. The Morgan fingerprint density at radius 1 is 1.41 bits per heavy atom. The van der Waals surface area contributed by atoms with Gasteiger partial charge in [0.2, 0.25) is 10.0 Å². The average Bonchev–Trinajstić information content (AvgIpc) is 2.61. The number of carboxylic acids is 1. The zero-order chi connectivity index (χ0) is 13.4. The summed E-state index contributed by atoms with van der Waals surface area (Å²) in [5.41, 5.74) is -0.0274. The number of nitrogens with zero attached hydrogens (tertiary/aromatic N) is 2. The molecule has 0 amide bonds. The molecule has 0 spiro atoms. The Morgan fingerprint density at radius 3 is 2.24 bits per heavy atom. The highest BCUT2D eigenvalue weighted by Gasteiger charge is 2.23. The maximum absolute atomic E-state index is 11.9. The van der Waals surface area contributed by atoms with Crippen LogP contribution in [0.1, 0.15) is 30.4 Å². The number of aromatic carboxylic acids is 1. The molecule has 96 valence electrons. The summed E-state index contributed by atoms with van der Waals surface area (Å²) in [5, 5.41) is 9.00. The van der Waals surface area contributed by atoms with Gasteiger partial charge in [-0.1, -0.05) is 0 Å². The van der Waals surface area contributed by atoms with Crippen LogP contribution in [0.3, 0.4) is 0 Å². The van der Waals surface area contributed by atoms with Crippen molar-refractivity contribution < 1.29 is 18.3 Å². The molecule has 0 aliphatic heterocycles. The Hall–Kier alpha value is -1.34. The predicted molar refractivity (Wildman–Crippen MR) is 62.6 cm³/mol. The Labute approximate surface area is 101 Å². The number of rotatable bonds is 4. The molecule has 0 unspecified atom stereocenters. The van der Waals surface area contributed by atoms with Crippen LogP contribution in [0.5, 0.6) is 0 Å². The molecule has 7 heteroatoms. The van der Waals surface area contributed by atoms with Gasteiger partial charge in [-0.15, -0.1) is 0 Å². The summed E-state index contributed by atoms with van der Waals surface area (Å²) in [4.78, 5) is 11.0. The van der Waals surface area contributed by atoms with E-state index in [9.17, 15) is 13.2 Å². The van der Waals surface area contributed by atoms with Gasteiger partial charge in [0, 0.05) is 26.3 Å². The van der Waals surface area contributed by atoms with E-state index in [4.69, 9.17) is 5.11 Å². The van der Waals surface area contributed by atoms with Crippen LogP contribution in [0.15, 0.2) is 17.2 Å². The molecule has 0 radical (unpaired) electrons. The zero-order valence-electron chi connectivity index (χ0n) is 10.2. The van der Waals surface area contributed by atoms with Crippen LogP contribution in [0.2, 0.25) is 0 Å². The summed E-state index contributed by atoms with van der Waals surface area (Å²) in [6.07, 6.45) is 1.35. The van der Waals surface area contributed by atoms with Crippen LogP contribution in [0.4, 0.5) is 0 Å². The summed E-state index contributed by atoms with van der Waals surface area (Å²) in [7, 11) is -0.786.